The normalized spacial score (nSPS) is 18.2. The molecule has 3 N–H and O–H groups in total. The third-order valence-corrected chi connectivity index (χ3v) is 2.57. The minimum atomic E-state index is -1.10. The highest BCUT2D eigenvalue weighted by Crippen LogP contribution is 2.11. The first-order valence-corrected chi connectivity index (χ1v) is 5.36. The molecule has 0 saturated carbocycles. The maximum absolute atomic E-state index is 11.7. The predicted octanol–water partition coefficient (Wildman–Crippen LogP) is -0.00310. The molecule has 0 radical (unpaired) electrons. The lowest BCUT2D eigenvalue weighted by atomic mass is 10.2. The second kappa shape index (κ2) is 4.82. The van der Waals surface area contributed by atoms with Gasteiger partial charge in [-0.3, -0.25) is 9.59 Å². The zero-order chi connectivity index (χ0) is 13.1. The third kappa shape index (κ3) is 2.62. The molecular formula is C11H11N3O4. The molecule has 1 fully saturated rings. The van der Waals surface area contributed by atoms with Crippen molar-refractivity contribution in [1.82, 2.24) is 10.3 Å². The van der Waals surface area contributed by atoms with Crippen molar-refractivity contribution in [1.29, 1.82) is 0 Å². The molecule has 2 heterocycles. The first-order chi connectivity index (χ1) is 8.56. The second-order valence-corrected chi connectivity index (χ2v) is 3.88. The summed E-state index contributed by atoms with van der Waals surface area (Å²) < 4.78 is 0. The fourth-order valence-corrected chi connectivity index (χ4v) is 1.66. The molecule has 2 rings (SSSR count). The lowest BCUT2D eigenvalue weighted by Crippen LogP contribution is -2.37. The Morgan fingerprint density at radius 1 is 1.50 bits per heavy atom. The lowest BCUT2D eigenvalue weighted by molar-refractivity contribution is -0.122. The molecule has 94 valence electrons. The van der Waals surface area contributed by atoms with Gasteiger partial charge < -0.3 is 15.7 Å². The number of rotatable bonds is 3. The van der Waals surface area contributed by atoms with Gasteiger partial charge in [-0.2, -0.15) is 0 Å². The van der Waals surface area contributed by atoms with Gasteiger partial charge in [-0.05, 0) is 18.6 Å². The molecule has 0 unspecified atom stereocenters. The highest BCUT2D eigenvalue weighted by molar-refractivity contribution is 5.99. The van der Waals surface area contributed by atoms with E-state index in [4.69, 9.17) is 5.11 Å². The van der Waals surface area contributed by atoms with Gasteiger partial charge >= 0.3 is 5.97 Å². The minimum Gasteiger partial charge on any atom is -0.478 e. The van der Waals surface area contributed by atoms with Crippen LogP contribution in [0.15, 0.2) is 18.3 Å². The van der Waals surface area contributed by atoms with E-state index in [-0.39, 0.29) is 17.3 Å². The van der Waals surface area contributed by atoms with E-state index < -0.39 is 17.9 Å². The number of aromatic carboxylic acids is 1. The number of hydrogen-bond acceptors (Lipinski definition) is 4. The van der Waals surface area contributed by atoms with Crippen molar-refractivity contribution >= 4 is 23.6 Å². The molecule has 0 spiro atoms. The van der Waals surface area contributed by atoms with E-state index in [0.29, 0.717) is 12.8 Å². The van der Waals surface area contributed by atoms with Gasteiger partial charge in [0, 0.05) is 12.6 Å². The van der Waals surface area contributed by atoms with Gasteiger partial charge in [0.05, 0.1) is 5.56 Å². The number of hydrogen-bond donors (Lipinski definition) is 3. The van der Waals surface area contributed by atoms with Gasteiger partial charge in [0.15, 0.2) is 0 Å². The van der Waals surface area contributed by atoms with E-state index in [2.05, 4.69) is 15.6 Å². The van der Waals surface area contributed by atoms with Crippen molar-refractivity contribution in [3.05, 3.63) is 23.9 Å². The molecule has 1 aromatic rings. The molecule has 18 heavy (non-hydrogen) atoms. The van der Waals surface area contributed by atoms with Crippen LogP contribution in [0.2, 0.25) is 0 Å². The number of amides is 2. The molecule has 7 nitrogen and oxygen atoms in total. The van der Waals surface area contributed by atoms with E-state index in [1.165, 1.54) is 18.3 Å². The molecule has 1 saturated heterocycles. The predicted molar refractivity (Wildman–Crippen MR) is 61.0 cm³/mol. The summed E-state index contributed by atoms with van der Waals surface area (Å²) in [5, 5.41) is 13.8. The fraction of sp³-hybridized carbons (Fsp3) is 0.273. The van der Waals surface area contributed by atoms with E-state index in [1.807, 2.05) is 0 Å². The maximum atomic E-state index is 11.7. The highest BCUT2D eigenvalue weighted by Gasteiger charge is 2.27. The van der Waals surface area contributed by atoms with Crippen LogP contribution in [-0.4, -0.2) is 33.9 Å². The van der Waals surface area contributed by atoms with E-state index in [0.717, 1.165) is 0 Å². The van der Waals surface area contributed by atoms with Crippen LogP contribution in [0, 0.1) is 0 Å². The maximum Gasteiger partial charge on any atom is 0.335 e. The summed E-state index contributed by atoms with van der Waals surface area (Å²) in [6, 6.07) is 2.01. The van der Waals surface area contributed by atoms with Gasteiger partial charge in [-0.1, -0.05) is 0 Å². The van der Waals surface area contributed by atoms with Crippen molar-refractivity contribution < 1.29 is 19.5 Å². The quantitative estimate of drug-likeness (QED) is 0.698. The van der Waals surface area contributed by atoms with Crippen molar-refractivity contribution in [2.24, 2.45) is 0 Å². The standard InChI is InChI=1S/C11H11N3O4/c15-9-2-1-7(13-9)10(16)14-8-5-6(11(17)18)3-4-12-8/h3-5,7H,1-2H2,(H,13,15)(H,17,18)(H,12,14,16)/t7-/m1/s1. The van der Waals surface area contributed by atoms with Gasteiger partial charge in [0.25, 0.3) is 0 Å². The second-order valence-electron chi connectivity index (χ2n) is 3.88. The summed E-state index contributed by atoms with van der Waals surface area (Å²) in [6.07, 6.45) is 2.05. The minimum absolute atomic E-state index is 0.0377. The molecular weight excluding hydrogens is 238 g/mol. The van der Waals surface area contributed by atoms with Gasteiger partial charge in [0.2, 0.25) is 11.8 Å². The van der Waals surface area contributed by atoms with Crippen LogP contribution in [0.1, 0.15) is 23.2 Å². The molecule has 7 heteroatoms. The van der Waals surface area contributed by atoms with Crippen LogP contribution in [-0.2, 0) is 9.59 Å². The monoisotopic (exact) mass is 249 g/mol. The van der Waals surface area contributed by atoms with Crippen LogP contribution < -0.4 is 10.6 Å². The number of carboxylic acid groups (broad SMARTS) is 1. The van der Waals surface area contributed by atoms with Crippen LogP contribution in [0.5, 0.6) is 0 Å². The Kier molecular flexibility index (Phi) is 3.22. The molecule has 0 bridgehead atoms. The van der Waals surface area contributed by atoms with Gasteiger partial charge in [-0.15, -0.1) is 0 Å². The van der Waals surface area contributed by atoms with Crippen molar-refractivity contribution in [2.45, 2.75) is 18.9 Å². The average molecular weight is 249 g/mol. The zero-order valence-corrected chi connectivity index (χ0v) is 9.34. The molecule has 0 aromatic carbocycles. The van der Waals surface area contributed by atoms with Crippen molar-refractivity contribution in [2.75, 3.05) is 5.32 Å². The third-order valence-electron chi connectivity index (χ3n) is 2.57. The lowest BCUT2D eigenvalue weighted by Gasteiger charge is -2.10. The molecule has 1 atom stereocenters. The number of anilines is 1. The summed E-state index contributed by atoms with van der Waals surface area (Å²) in [6.45, 7) is 0. The number of nitrogens with one attached hydrogen (secondary N) is 2. The Labute approximate surface area is 102 Å². The highest BCUT2D eigenvalue weighted by atomic mass is 16.4. The fourth-order valence-electron chi connectivity index (χ4n) is 1.66. The van der Waals surface area contributed by atoms with Crippen LogP contribution in [0.25, 0.3) is 0 Å². The van der Waals surface area contributed by atoms with E-state index in [9.17, 15) is 14.4 Å². The smallest absolute Gasteiger partial charge is 0.335 e. The van der Waals surface area contributed by atoms with Crippen LogP contribution in [0.3, 0.4) is 0 Å². The van der Waals surface area contributed by atoms with Crippen LogP contribution in [0.4, 0.5) is 5.82 Å². The Morgan fingerprint density at radius 3 is 2.89 bits per heavy atom. The molecule has 1 aliphatic rings. The zero-order valence-electron chi connectivity index (χ0n) is 9.34. The summed E-state index contributed by atoms with van der Waals surface area (Å²) in [4.78, 5) is 37.3. The number of aromatic nitrogens is 1. The Morgan fingerprint density at radius 2 is 2.28 bits per heavy atom. The summed E-state index contributed by atoms with van der Waals surface area (Å²) in [5.41, 5.74) is 0.0377. The number of nitrogens with zero attached hydrogens (tertiary/aromatic N) is 1. The topological polar surface area (TPSA) is 108 Å². The summed E-state index contributed by atoms with van der Waals surface area (Å²) >= 11 is 0. The SMILES string of the molecule is O=C1CC[C@H](C(=O)Nc2cc(C(=O)O)ccn2)N1. The average Bonchev–Trinajstić information content (AvgIpc) is 2.76. The van der Waals surface area contributed by atoms with Crippen LogP contribution >= 0.6 is 0 Å². The summed E-state index contributed by atoms with van der Waals surface area (Å²) in [5.74, 6) is -1.50. The summed E-state index contributed by atoms with van der Waals surface area (Å²) in [7, 11) is 0. The van der Waals surface area contributed by atoms with E-state index in [1.54, 1.807) is 0 Å². The number of carbonyl (C=O) groups excluding carboxylic acids is 2. The first kappa shape index (κ1) is 12.0. The molecule has 0 aliphatic carbocycles. The first-order valence-electron chi connectivity index (χ1n) is 5.36. The largest absolute Gasteiger partial charge is 0.478 e. The molecule has 1 aliphatic heterocycles. The Hall–Kier alpha value is -2.44. The van der Waals surface area contributed by atoms with E-state index >= 15 is 0 Å². The van der Waals surface area contributed by atoms with Crippen molar-refractivity contribution in [3.63, 3.8) is 0 Å². The molecule has 1 aromatic heterocycles. The number of carboxylic acids is 1. The number of pyridine rings is 1. The molecule has 2 amide bonds. The van der Waals surface area contributed by atoms with Crippen molar-refractivity contribution in [3.8, 4) is 0 Å². The Bertz CT molecular complexity index is 515. The van der Waals surface area contributed by atoms with Gasteiger partial charge in [-0.25, -0.2) is 9.78 Å². The van der Waals surface area contributed by atoms with Gasteiger partial charge in [0.1, 0.15) is 11.9 Å². The Balaban J connectivity index is 2.05. The number of carbonyl (C=O) groups is 3.